The lowest BCUT2D eigenvalue weighted by atomic mass is 10.0. The Morgan fingerprint density at radius 2 is 1.68 bits per heavy atom. The van der Waals surface area contributed by atoms with Gasteiger partial charge in [-0.15, -0.1) is 0 Å². The number of carbonyl (C=O) groups excluding carboxylic acids is 3. The van der Waals surface area contributed by atoms with Crippen molar-refractivity contribution in [3.8, 4) is 0 Å². The first kappa shape index (κ1) is 23.5. The van der Waals surface area contributed by atoms with Gasteiger partial charge in [-0.25, -0.2) is 4.79 Å². The van der Waals surface area contributed by atoms with Crippen molar-refractivity contribution in [3.05, 3.63) is 29.8 Å². The predicted octanol–water partition coefficient (Wildman–Crippen LogP) is 3.59. The van der Waals surface area contributed by atoms with Gasteiger partial charge < -0.3 is 20.7 Å². The standard InChI is InChI=1S/C21H33N3O4/c1-6-15(7-2)19(26)23-14-16-10-8-9-11-17(16)24-18(25)12-13-22-20(27)28-21(3,4)5/h8-11,15H,6-7,12-14H2,1-5H3,(H,22,27)(H,23,26)(H,24,25). The zero-order valence-electron chi connectivity index (χ0n) is 17.6. The molecule has 0 saturated heterocycles. The number of rotatable bonds is 9. The summed E-state index contributed by atoms with van der Waals surface area (Å²) in [6.07, 6.45) is 1.16. The van der Waals surface area contributed by atoms with Gasteiger partial charge in [0.2, 0.25) is 11.8 Å². The van der Waals surface area contributed by atoms with Gasteiger partial charge in [0.25, 0.3) is 0 Å². The third kappa shape index (κ3) is 8.88. The molecule has 0 unspecified atom stereocenters. The molecule has 1 aromatic rings. The van der Waals surface area contributed by atoms with E-state index in [0.29, 0.717) is 12.2 Å². The smallest absolute Gasteiger partial charge is 0.407 e. The average molecular weight is 392 g/mol. The highest BCUT2D eigenvalue weighted by Gasteiger charge is 2.16. The van der Waals surface area contributed by atoms with Crippen molar-refractivity contribution in [1.29, 1.82) is 0 Å². The second kappa shape index (κ2) is 11.3. The normalized spacial score (nSPS) is 11.1. The third-order valence-electron chi connectivity index (χ3n) is 4.12. The van der Waals surface area contributed by atoms with E-state index in [0.717, 1.165) is 18.4 Å². The molecule has 0 atom stereocenters. The molecule has 0 heterocycles. The Hall–Kier alpha value is -2.57. The van der Waals surface area contributed by atoms with Crippen LogP contribution in [-0.2, 0) is 20.9 Å². The Morgan fingerprint density at radius 3 is 2.29 bits per heavy atom. The van der Waals surface area contributed by atoms with Crippen molar-refractivity contribution in [2.24, 2.45) is 5.92 Å². The van der Waals surface area contributed by atoms with Gasteiger partial charge in [0.15, 0.2) is 0 Å². The van der Waals surface area contributed by atoms with E-state index < -0.39 is 11.7 Å². The Labute approximate surface area is 167 Å². The first-order chi connectivity index (χ1) is 13.2. The van der Waals surface area contributed by atoms with Crippen LogP contribution >= 0.6 is 0 Å². The lowest BCUT2D eigenvalue weighted by Gasteiger charge is -2.19. The molecule has 0 fully saturated rings. The summed E-state index contributed by atoms with van der Waals surface area (Å²) in [7, 11) is 0. The predicted molar refractivity (Wildman–Crippen MR) is 110 cm³/mol. The number of anilines is 1. The highest BCUT2D eigenvalue weighted by Crippen LogP contribution is 2.16. The fourth-order valence-corrected chi connectivity index (χ4v) is 2.59. The molecule has 7 nitrogen and oxygen atoms in total. The molecule has 0 spiro atoms. The number of hydrogen-bond donors (Lipinski definition) is 3. The Bertz CT molecular complexity index is 664. The summed E-state index contributed by atoms with van der Waals surface area (Å²) in [5, 5.41) is 8.32. The van der Waals surface area contributed by atoms with Gasteiger partial charge in [0.1, 0.15) is 5.60 Å². The quantitative estimate of drug-likeness (QED) is 0.599. The number of amides is 3. The molecule has 156 valence electrons. The molecular formula is C21H33N3O4. The second-order valence-electron chi connectivity index (χ2n) is 7.62. The summed E-state index contributed by atoms with van der Waals surface area (Å²) in [6.45, 7) is 9.84. The molecule has 1 aromatic carbocycles. The molecule has 0 radical (unpaired) electrons. The van der Waals surface area contributed by atoms with Gasteiger partial charge in [-0.3, -0.25) is 9.59 Å². The molecule has 0 aliphatic heterocycles. The molecule has 0 bridgehead atoms. The maximum atomic E-state index is 12.2. The van der Waals surface area contributed by atoms with Crippen LogP contribution in [0.3, 0.4) is 0 Å². The van der Waals surface area contributed by atoms with Crippen LogP contribution in [0.25, 0.3) is 0 Å². The van der Waals surface area contributed by atoms with E-state index in [1.165, 1.54) is 0 Å². The van der Waals surface area contributed by atoms with Crippen LogP contribution in [0.1, 0.15) is 59.4 Å². The topological polar surface area (TPSA) is 96.5 Å². The molecule has 0 saturated carbocycles. The monoisotopic (exact) mass is 391 g/mol. The van der Waals surface area contributed by atoms with E-state index in [2.05, 4.69) is 16.0 Å². The zero-order chi connectivity index (χ0) is 21.2. The van der Waals surface area contributed by atoms with Gasteiger partial charge in [-0.1, -0.05) is 32.0 Å². The summed E-state index contributed by atoms with van der Waals surface area (Å²) in [5.41, 5.74) is 0.898. The van der Waals surface area contributed by atoms with Crippen LogP contribution < -0.4 is 16.0 Å². The Balaban J connectivity index is 2.52. The molecule has 0 aliphatic rings. The number of para-hydroxylation sites is 1. The largest absolute Gasteiger partial charge is 0.444 e. The summed E-state index contributed by atoms with van der Waals surface area (Å²) in [5.74, 6) is -0.205. The van der Waals surface area contributed by atoms with Crippen LogP contribution in [0.4, 0.5) is 10.5 Å². The Kier molecular flexibility index (Phi) is 9.48. The van der Waals surface area contributed by atoms with Gasteiger partial charge in [-0.05, 0) is 45.2 Å². The van der Waals surface area contributed by atoms with Crippen LogP contribution in [-0.4, -0.2) is 30.1 Å². The first-order valence-electron chi connectivity index (χ1n) is 9.78. The van der Waals surface area contributed by atoms with E-state index in [9.17, 15) is 14.4 Å². The molecule has 3 amide bonds. The number of nitrogens with one attached hydrogen (secondary N) is 3. The lowest BCUT2D eigenvalue weighted by Crippen LogP contribution is -2.34. The van der Waals surface area contributed by atoms with E-state index in [1.807, 2.05) is 32.0 Å². The van der Waals surface area contributed by atoms with Crippen LogP contribution in [0.2, 0.25) is 0 Å². The zero-order valence-corrected chi connectivity index (χ0v) is 17.6. The van der Waals surface area contributed by atoms with Crippen molar-refractivity contribution in [2.45, 2.75) is 66.0 Å². The summed E-state index contributed by atoms with van der Waals surface area (Å²) < 4.78 is 5.13. The van der Waals surface area contributed by atoms with Gasteiger partial charge in [-0.2, -0.15) is 0 Å². The minimum absolute atomic E-state index is 0.000631. The highest BCUT2D eigenvalue weighted by molar-refractivity contribution is 5.92. The minimum Gasteiger partial charge on any atom is -0.444 e. The molecular weight excluding hydrogens is 358 g/mol. The molecule has 7 heteroatoms. The fraction of sp³-hybridized carbons (Fsp3) is 0.571. The fourth-order valence-electron chi connectivity index (χ4n) is 2.59. The Morgan fingerprint density at radius 1 is 1.04 bits per heavy atom. The summed E-state index contributed by atoms with van der Waals surface area (Å²) in [4.78, 5) is 35.9. The van der Waals surface area contributed by atoms with E-state index in [-0.39, 0.29) is 30.7 Å². The molecule has 28 heavy (non-hydrogen) atoms. The maximum absolute atomic E-state index is 12.2. The molecule has 0 aliphatic carbocycles. The van der Waals surface area contributed by atoms with Gasteiger partial charge in [0.05, 0.1) is 0 Å². The number of benzene rings is 1. The number of alkyl carbamates (subject to hydrolysis) is 1. The van der Waals surface area contributed by atoms with Crippen molar-refractivity contribution < 1.29 is 19.1 Å². The SMILES string of the molecule is CCC(CC)C(=O)NCc1ccccc1NC(=O)CCNC(=O)OC(C)(C)C. The maximum Gasteiger partial charge on any atom is 0.407 e. The van der Waals surface area contributed by atoms with E-state index >= 15 is 0 Å². The first-order valence-corrected chi connectivity index (χ1v) is 9.78. The van der Waals surface area contributed by atoms with Crippen molar-refractivity contribution in [1.82, 2.24) is 10.6 Å². The number of ether oxygens (including phenoxy) is 1. The van der Waals surface area contributed by atoms with Crippen molar-refractivity contribution in [3.63, 3.8) is 0 Å². The average Bonchev–Trinajstić information content (AvgIpc) is 2.60. The van der Waals surface area contributed by atoms with E-state index in [1.54, 1.807) is 26.8 Å². The summed E-state index contributed by atoms with van der Waals surface area (Å²) in [6, 6.07) is 7.33. The molecule has 1 rings (SSSR count). The lowest BCUT2D eigenvalue weighted by molar-refractivity contribution is -0.125. The van der Waals surface area contributed by atoms with Gasteiger partial charge in [0, 0.05) is 31.1 Å². The van der Waals surface area contributed by atoms with Crippen LogP contribution in [0.5, 0.6) is 0 Å². The number of hydrogen-bond acceptors (Lipinski definition) is 4. The second-order valence-corrected chi connectivity index (χ2v) is 7.62. The summed E-state index contributed by atoms with van der Waals surface area (Å²) >= 11 is 0. The van der Waals surface area contributed by atoms with Crippen molar-refractivity contribution in [2.75, 3.05) is 11.9 Å². The minimum atomic E-state index is -0.579. The van der Waals surface area contributed by atoms with Crippen molar-refractivity contribution >= 4 is 23.6 Å². The van der Waals surface area contributed by atoms with Crippen LogP contribution in [0, 0.1) is 5.92 Å². The third-order valence-corrected chi connectivity index (χ3v) is 4.12. The van der Waals surface area contributed by atoms with Crippen LogP contribution in [0.15, 0.2) is 24.3 Å². The molecule has 0 aromatic heterocycles. The molecule has 3 N–H and O–H groups in total. The highest BCUT2D eigenvalue weighted by atomic mass is 16.6. The van der Waals surface area contributed by atoms with Gasteiger partial charge >= 0.3 is 6.09 Å². The van der Waals surface area contributed by atoms with E-state index in [4.69, 9.17) is 4.74 Å². The number of carbonyl (C=O) groups is 3.